The van der Waals surface area contributed by atoms with Crippen LogP contribution in [0.4, 0.5) is 0 Å². The summed E-state index contributed by atoms with van der Waals surface area (Å²) in [7, 11) is 0. The van der Waals surface area contributed by atoms with Crippen molar-refractivity contribution in [3.8, 4) is 0 Å². The van der Waals surface area contributed by atoms with Crippen LogP contribution in [0.1, 0.15) is 49.0 Å². The average Bonchev–Trinajstić information content (AvgIpc) is 2.54. The standard InChI is InChI=1S/C16H23N3O2/c1-3-13-11-17-8-7-14(13)15(20)18-12(2)16(21)19-9-5-4-6-10-19/h7-8,11-12H,3-6,9-10H2,1-2H3,(H,18,20)/t12-/m0/s1. The highest BCUT2D eigenvalue weighted by molar-refractivity contribution is 5.98. The minimum absolute atomic E-state index is 0.00940. The van der Waals surface area contributed by atoms with Crippen LogP contribution < -0.4 is 5.32 Å². The van der Waals surface area contributed by atoms with Gasteiger partial charge in [0.05, 0.1) is 0 Å². The molecule has 1 saturated heterocycles. The highest BCUT2D eigenvalue weighted by Gasteiger charge is 2.24. The van der Waals surface area contributed by atoms with Crippen LogP contribution in [0.2, 0.25) is 0 Å². The predicted molar refractivity (Wildman–Crippen MR) is 81.0 cm³/mol. The van der Waals surface area contributed by atoms with Gasteiger partial charge in [-0.15, -0.1) is 0 Å². The zero-order chi connectivity index (χ0) is 15.2. The molecule has 5 heteroatoms. The molecule has 1 atom stereocenters. The second kappa shape index (κ2) is 7.20. The molecule has 0 radical (unpaired) electrons. The van der Waals surface area contributed by atoms with Crippen LogP contribution in [-0.2, 0) is 11.2 Å². The van der Waals surface area contributed by atoms with Crippen LogP contribution in [0.5, 0.6) is 0 Å². The predicted octanol–water partition coefficient (Wildman–Crippen LogP) is 1.77. The molecule has 2 heterocycles. The van der Waals surface area contributed by atoms with Gasteiger partial charge in [-0.3, -0.25) is 14.6 Å². The average molecular weight is 289 g/mol. The van der Waals surface area contributed by atoms with Crippen LogP contribution in [0.15, 0.2) is 18.5 Å². The normalized spacial score (nSPS) is 16.4. The van der Waals surface area contributed by atoms with Gasteiger partial charge >= 0.3 is 0 Å². The third-order valence-electron chi connectivity index (χ3n) is 3.91. The monoisotopic (exact) mass is 289 g/mol. The Kier molecular flexibility index (Phi) is 5.31. The molecule has 1 aromatic heterocycles. The summed E-state index contributed by atoms with van der Waals surface area (Å²) < 4.78 is 0. The Morgan fingerprint density at radius 3 is 2.71 bits per heavy atom. The maximum atomic E-state index is 12.3. The van der Waals surface area contributed by atoms with Crippen LogP contribution in [-0.4, -0.2) is 40.8 Å². The van der Waals surface area contributed by atoms with E-state index in [-0.39, 0.29) is 11.8 Å². The Bertz CT molecular complexity index is 510. The number of aryl methyl sites for hydroxylation is 1. The first-order chi connectivity index (χ1) is 10.1. The van der Waals surface area contributed by atoms with Gasteiger partial charge in [0.15, 0.2) is 0 Å². The van der Waals surface area contributed by atoms with Crippen molar-refractivity contribution in [1.29, 1.82) is 0 Å². The quantitative estimate of drug-likeness (QED) is 0.919. The topological polar surface area (TPSA) is 62.3 Å². The molecule has 0 bridgehead atoms. The molecule has 2 rings (SSSR count). The molecule has 1 aliphatic rings. The molecular weight excluding hydrogens is 266 g/mol. The van der Waals surface area contributed by atoms with Crippen molar-refractivity contribution in [1.82, 2.24) is 15.2 Å². The summed E-state index contributed by atoms with van der Waals surface area (Å²) >= 11 is 0. The Labute approximate surface area is 125 Å². The van der Waals surface area contributed by atoms with Crippen LogP contribution in [0.3, 0.4) is 0 Å². The summed E-state index contributed by atoms with van der Waals surface area (Å²) in [5.74, 6) is -0.192. The van der Waals surface area contributed by atoms with Crippen LogP contribution in [0.25, 0.3) is 0 Å². The fraction of sp³-hybridized carbons (Fsp3) is 0.562. The number of nitrogens with one attached hydrogen (secondary N) is 1. The van der Waals surface area contributed by atoms with Gasteiger partial charge in [0.1, 0.15) is 6.04 Å². The number of likely N-dealkylation sites (tertiary alicyclic amines) is 1. The van der Waals surface area contributed by atoms with Crippen molar-refractivity contribution < 1.29 is 9.59 Å². The smallest absolute Gasteiger partial charge is 0.252 e. The van der Waals surface area contributed by atoms with E-state index in [1.807, 2.05) is 11.8 Å². The third kappa shape index (κ3) is 3.80. The molecule has 2 amide bonds. The van der Waals surface area contributed by atoms with Gasteiger partial charge in [0.2, 0.25) is 5.91 Å². The van der Waals surface area contributed by atoms with Crippen molar-refractivity contribution in [3.05, 3.63) is 29.6 Å². The summed E-state index contributed by atoms with van der Waals surface area (Å²) in [6.07, 6.45) is 7.33. The zero-order valence-corrected chi connectivity index (χ0v) is 12.8. The van der Waals surface area contributed by atoms with Gasteiger partial charge in [-0.05, 0) is 44.2 Å². The molecule has 0 spiro atoms. The molecule has 21 heavy (non-hydrogen) atoms. The second-order valence-electron chi connectivity index (χ2n) is 5.47. The highest BCUT2D eigenvalue weighted by Crippen LogP contribution is 2.11. The maximum absolute atomic E-state index is 12.3. The maximum Gasteiger partial charge on any atom is 0.252 e. The Morgan fingerprint density at radius 2 is 2.05 bits per heavy atom. The van der Waals surface area contributed by atoms with Crippen LogP contribution >= 0.6 is 0 Å². The van der Waals surface area contributed by atoms with Crippen molar-refractivity contribution in [2.45, 2.75) is 45.6 Å². The lowest BCUT2D eigenvalue weighted by Gasteiger charge is -2.29. The lowest BCUT2D eigenvalue weighted by atomic mass is 10.1. The number of hydrogen-bond donors (Lipinski definition) is 1. The summed E-state index contributed by atoms with van der Waals surface area (Å²) in [6, 6.07) is 1.21. The number of carbonyl (C=O) groups is 2. The number of amides is 2. The van der Waals surface area contributed by atoms with Crippen molar-refractivity contribution >= 4 is 11.8 Å². The SMILES string of the molecule is CCc1cnccc1C(=O)N[C@@H](C)C(=O)N1CCCCC1. The minimum atomic E-state index is -0.492. The third-order valence-corrected chi connectivity index (χ3v) is 3.91. The molecule has 0 aliphatic carbocycles. The number of hydrogen-bond acceptors (Lipinski definition) is 3. The molecule has 1 fully saturated rings. The molecule has 0 unspecified atom stereocenters. The van der Waals surface area contributed by atoms with E-state index in [2.05, 4.69) is 10.3 Å². The van der Waals surface area contributed by atoms with Gasteiger partial charge in [-0.1, -0.05) is 6.92 Å². The first-order valence-electron chi connectivity index (χ1n) is 7.66. The lowest BCUT2D eigenvalue weighted by Crippen LogP contribution is -2.48. The largest absolute Gasteiger partial charge is 0.341 e. The van der Waals surface area contributed by atoms with E-state index in [0.717, 1.165) is 37.9 Å². The molecule has 114 valence electrons. The molecule has 1 aromatic rings. The number of aromatic nitrogens is 1. The van der Waals surface area contributed by atoms with Crippen LogP contribution in [0, 0.1) is 0 Å². The number of rotatable bonds is 4. The van der Waals surface area contributed by atoms with E-state index in [9.17, 15) is 9.59 Å². The first kappa shape index (κ1) is 15.5. The summed E-state index contributed by atoms with van der Waals surface area (Å²) in [5.41, 5.74) is 1.50. The van der Waals surface area contributed by atoms with E-state index in [1.165, 1.54) is 6.42 Å². The molecule has 5 nitrogen and oxygen atoms in total. The van der Waals surface area contributed by atoms with Gasteiger partial charge in [0, 0.05) is 31.0 Å². The molecule has 1 N–H and O–H groups in total. The van der Waals surface area contributed by atoms with Crippen molar-refractivity contribution in [3.63, 3.8) is 0 Å². The molecule has 1 aliphatic heterocycles. The van der Waals surface area contributed by atoms with Gasteiger partial charge in [-0.25, -0.2) is 0 Å². The summed E-state index contributed by atoms with van der Waals surface area (Å²) in [4.78, 5) is 30.5. The Balaban J connectivity index is 1.99. The molecular formula is C16H23N3O2. The molecule has 0 aromatic carbocycles. The van der Waals surface area contributed by atoms with E-state index < -0.39 is 6.04 Å². The van der Waals surface area contributed by atoms with Gasteiger partial charge < -0.3 is 10.2 Å². The Hall–Kier alpha value is -1.91. The Morgan fingerprint density at radius 1 is 1.33 bits per heavy atom. The van der Waals surface area contributed by atoms with Crippen molar-refractivity contribution in [2.75, 3.05) is 13.1 Å². The number of nitrogens with zero attached hydrogens (tertiary/aromatic N) is 2. The summed E-state index contributed by atoms with van der Waals surface area (Å²) in [5, 5.41) is 2.81. The lowest BCUT2D eigenvalue weighted by molar-refractivity contribution is -0.133. The zero-order valence-electron chi connectivity index (χ0n) is 12.8. The van der Waals surface area contributed by atoms with Gasteiger partial charge in [0.25, 0.3) is 5.91 Å². The fourth-order valence-corrected chi connectivity index (χ4v) is 2.65. The number of pyridine rings is 1. The number of carbonyl (C=O) groups excluding carboxylic acids is 2. The first-order valence-corrected chi connectivity index (χ1v) is 7.66. The van der Waals surface area contributed by atoms with E-state index in [0.29, 0.717) is 5.56 Å². The van der Waals surface area contributed by atoms with E-state index in [1.54, 1.807) is 25.4 Å². The fourth-order valence-electron chi connectivity index (χ4n) is 2.65. The second-order valence-corrected chi connectivity index (χ2v) is 5.47. The van der Waals surface area contributed by atoms with Crippen molar-refractivity contribution in [2.24, 2.45) is 0 Å². The number of piperidine rings is 1. The molecule has 0 saturated carbocycles. The van der Waals surface area contributed by atoms with E-state index in [4.69, 9.17) is 0 Å². The highest BCUT2D eigenvalue weighted by atomic mass is 16.2. The van der Waals surface area contributed by atoms with E-state index >= 15 is 0 Å². The van der Waals surface area contributed by atoms with Gasteiger partial charge in [-0.2, -0.15) is 0 Å². The minimum Gasteiger partial charge on any atom is -0.341 e. The summed E-state index contributed by atoms with van der Waals surface area (Å²) in [6.45, 7) is 5.33.